The van der Waals surface area contributed by atoms with Gasteiger partial charge in [-0.25, -0.2) is 13.2 Å². The van der Waals surface area contributed by atoms with E-state index in [4.69, 9.17) is 4.74 Å². The van der Waals surface area contributed by atoms with E-state index in [1.807, 2.05) is 0 Å². The number of phenolic OH excluding ortho intramolecular Hbond substituents is 1. The number of benzene rings is 2. The van der Waals surface area contributed by atoms with Crippen LogP contribution in [0.25, 0.3) is 0 Å². The highest BCUT2D eigenvalue weighted by atomic mass is 32.2. The number of aliphatic imine (C=N–C) groups is 1. The third-order valence-corrected chi connectivity index (χ3v) is 5.39. The molecule has 10 heteroatoms. The number of hydrogen-bond donors (Lipinski definition) is 3. The second-order valence-corrected chi connectivity index (χ2v) is 7.89. The molecule has 3 rings (SSSR count). The number of nitrogens with zero attached hydrogens (tertiary/aromatic N) is 1. The van der Waals surface area contributed by atoms with Crippen LogP contribution in [0, 0.1) is 0 Å². The Kier molecular flexibility index (Phi) is 6.13. The number of sulfonamides is 1. The Morgan fingerprint density at radius 1 is 1.14 bits per heavy atom. The minimum absolute atomic E-state index is 0.0314. The third-order valence-electron chi connectivity index (χ3n) is 4.01. The van der Waals surface area contributed by atoms with Crippen molar-refractivity contribution in [3.05, 3.63) is 54.1 Å². The molecule has 0 atom stereocenters. The number of amides is 1. The average molecular weight is 417 g/mol. The van der Waals surface area contributed by atoms with E-state index in [1.165, 1.54) is 36.4 Å². The minimum atomic E-state index is -3.81. The molecule has 0 aliphatic carbocycles. The second kappa shape index (κ2) is 8.74. The number of nitrogens with one attached hydrogen (secondary N) is 2. The minimum Gasteiger partial charge on any atom is -0.507 e. The summed E-state index contributed by atoms with van der Waals surface area (Å²) in [5.74, 6) is -1.35. The van der Waals surface area contributed by atoms with Crippen molar-refractivity contribution in [3.8, 4) is 5.75 Å². The highest BCUT2D eigenvalue weighted by Crippen LogP contribution is 2.18. The van der Waals surface area contributed by atoms with Crippen molar-refractivity contribution in [2.24, 2.45) is 4.99 Å². The molecule has 1 heterocycles. The van der Waals surface area contributed by atoms with E-state index in [0.29, 0.717) is 18.8 Å². The lowest BCUT2D eigenvalue weighted by atomic mass is 10.2. The Hall–Kier alpha value is -3.40. The largest absolute Gasteiger partial charge is 0.507 e. The van der Waals surface area contributed by atoms with Gasteiger partial charge in [0.25, 0.3) is 15.9 Å². The molecule has 2 aromatic rings. The highest BCUT2D eigenvalue weighted by Gasteiger charge is 2.19. The molecule has 0 saturated carbocycles. The number of rotatable bonds is 6. The van der Waals surface area contributed by atoms with Gasteiger partial charge in [0.15, 0.2) is 6.61 Å². The molecular weight excluding hydrogens is 398 g/mol. The molecule has 0 bridgehead atoms. The van der Waals surface area contributed by atoms with Crippen molar-refractivity contribution >= 4 is 33.4 Å². The molecular formula is C19H19N3O6S. The van der Waals surface area contributed by atoms with Crippen LogP contribution in [-0.2, 0) is 19.6 Å². The van der Waals surface area contributed by atoms with Gasteiger partial charge in [-0.15, -0.1) is 0 Å². The van der Waals surface area contributed by atoms with Crippen LogP contribution in [0.5, 0.6) is 5.75 Å². The Morgan fingerprint density at radius 2 is 1.93 bits per heavy atom. The Labute approximate surface area is 167 Å². The number of hydrogen-bond acceptors (Lipinski definition) is 7. The normalized spacial score (nSPS) is 13.4. The number of para-hydroxylation sites is 1. The molecule has 29 heavy (non-hydrogen) atoms. The lowest BCUT2D eigenvalue weighted by Gasteiger charge is -2.10. The summed E-state index contributed by atoms with van der Waals surface area (Å²) in [4.78, 5) is 28.0. The van der Waals surface area contributed by atoms with Crippen LogP contribution in [0.3, 0.4) is 0 Å². The van der Waals surface area contributed by atoms with Gasteiger partial charge in [0.05, 0.1) is 4.90 Å². The van der Waals surface area contributed by atoms with Gasteiger partial charge in [-0.1, -0.05) is 18.2 Å². The lowest BCUT2D eigenvalue weighted by molar-refractivity contribution is -0.119. The highest BCUT2D eigenvalue weighted by molar-refractivity contribution is 7.90. The fourth-order valence-electron chi connectivity index (χ4n) is 2.63. The number of esters is 1. The second-order valence-electron chi connectivity index (χ2n) is 6.21. The summed E-state index contributed by atoms with van der Waals surface area (Å²) >= 11 is 0. The van der Waals surface area contributed by atoms with Gasteiger partial charge in [-0.3, -0.25) is 14.5 Å². The molecule has 9 nitrogen and oxygen atoms in total. The van der Waals surface area contributed by atoms with Crippen LogP contribution < -0.4 is 10.0 Å². The van der Waals surface area contributed by atoms with Gasteiger partial charge in [0, 0.05) is 18.7 Å². The zero-order valence-electron chi connectivity index (χ0n) is 15.3. The first-order valence-corrected chi connectivity index (χ1v) is 10.2. The van der Waals surface area contributed by atoms with Crippen molar-refractivity contribution in [1.82, 2.24) is 4.72 Å². The SMILES string of the molecule is O=C(COC(=O)c1ccccc1O)Nc1cccc(S(=O)(=O)NC2=NCCC2)c1. The number of amidine groups is 1. The number of carbonyl (C=O) groups is 2. The molecule has 1 aliphatic rings. The van der Waals surface area contributed by atoms with Crippen molar-refractivity contribution in [2.75, 3.05) is 18.5 Å². The molecule has 2 aromatic carbocycles. The predicted octanol–water partition coefficient (Wildman–Crippen LogP) is 1.66. The zero-order valence-corrected chi connectivity index (χ0v) is 16.1. The van der Waals surface area contributed by atoms with Gasteiger partial charge in [-0.05, 0) is 36.8 Å². The van der Waals surface area contributed by atoms with Crippen LogP contribution in [-0.4, -0.2) is 44.4 Å². The van der Waals surface area contributed by atoms with Gasteiger partial charge in [-0.2, -0.15) is 0 Å². The quantitative estimate of drug-likeness (QED) is 0.612. The number of anilines is 1. The van der Waals surface area contributed by atoms with E-state index in [1.54, 1.807) is 12.1 Å². The smallest absolute Gasteiger partial charge is 0.342 e. The lowest BCUT2D eigenvalue weighted by Crippen LogP contribution is -2.29. The van der Waals surface area contributed by atoms with Crippen molar-refractivity contribution in [1.29, 1.82) is 0 Å². The van der Waals surface area contributed by atoms with E-state index in [0.717, 1.165) is 6.42 Å². The summed E-state index contributed by atoms with van der Waals surface area (Å²) in [7, 11) is -3.81. The fourth-order valence-corrected chi connectivity index (χ4v) is 3.76. The Bertz CT molecular complexity index is 1070. The Morgan fingerprint density at radius 3 is 2.66 bits per heavy atom. The summed E-state index contributed by atoms with van der Waals surface area (Å²) in [6.07, 6.45) is 1.37. The molecule has 0 aromatic heterocycles. The van der Waals surface area contributed by atoms with Crippen molar-refractivity contribution in [3.63, 3.8) is 0 Å². The van der Waals surface area contributed by atoms with Crippen LogP contribution in [0.1, 0.15) is 23.2 Å². The Balaban J connectivity index is 1.60. The average Bonchev–Trinajstić information content (AvgIpc) is 3.19. The van der Waals surface area contributed by atoms with Gasteiger partial charge in [0.2, 0.25) is 0 Å². The van der Waals surface area contributed by atoms with Crippen LogP contribution in [0.4, 0.5) is 5.69 Å². The fraction of sp³-hybridized carbons (Fsp3) is 0.211. The summed E-state index contributed by atoms with van der Waals surface area (Å²) in [5, 5.41) is 12.1. The molecule has 0 saturated heterocycles. The molecule has 3 N–H and O–H groups in total. The standard InChI is InChI=1S/C19H19N3O6S/c23-16-8-2-1-7-15(16)19(25)28-12-18(24)21-13-5-3-6-14(11-13)29(26,27)22-17-9-4-10-20-17/h1-3,5-8,11,23H,4,9-10,12H2,(H,20,22)(H,21,24). The molecule has 0 radical (unpaired) electrons. The number of phenols is 1. The molecule has 1 aliphatic heterocycles. The number of carbonyl (C=O) groups excluding carboxylic acids is 2. The summed E-state index contributed by atoms with van der Waals surface area (Å²) in [6, 6.07) is 11.5. The van der Waals surface area contributed by atoms with Crippen LogP contribution in [0.2, 0.25) is 0 Å². The molecule has 1 amide bonds. The first kappa shape index (κ1) is 20.3. The maximum absolute atomic E-state index is 12.4. The van der Waals surface area contributed by atoms with E-state index in [9.17, 15) is 23.1 Å². The summed E-state index contributed by atoms with van der Waals surface area (Å²) < 4.78 is 32.2. The van der Waals surface area contributed by atoms with Crippen molar-refractivity contribution in [2.45, 2.75) is 17.7 Å². The molecule has 0 unspecified atom stereocenters. The monoisotopic (exact) mass is 417 g/mol. The van der Waals surface area contributed by atoms with Crippen LogP contribution >= 0.6 is 0 Å². The first-order valence-electron chi connectivity index (χ1n) is 8.76. The van der Waals surface area contributed by atoms with Gasteiger partial charge >= 0.3 is 5.97 Å². The number of ether oxygens (including phenoxy) is 1. The third kappa shape index (κ3) is 5.32. The predicted molar refractivity (Wildman–Crippen MR) is 105 cm³/mol. The van der Waals surface area contributed by atoms with Gasteiger partial charge in [0.1, 0.15) is 17.1 Å². The number of aromatic hydroxyl groups is 1. The van der Waals surface area contributed by atoms with Gasteiger partial charge < -0.3 is 15.2 Å². The van der Waals surface area contributed by atoms with E-state index < -0.39 is 28.5 Å². The van der Waals surface area contributed by atoms with E-state index in [2.05, 4.69) is 15.0 Å². The van der Waals surface area contributed by atoms with E-state index >= 15 is 0 Å². The molecule has 0 fully saturated rings. The maximum Gasteiger partial charge on any atom is 0.342 e. The topological polar surface area (TPSA) is 134 Å². The maximum atomic E-state index is 12.4. The van der Waals surface area contributed by atoms with E-state index in [-0.39, 0.29) is 21.9 Å². The molecule has 0 spiro atoms. The van der Waals surface area contributed by atoms with Crippen molar-refractivity contribution < 1.29 is 27.9 Å². The first-order chi connectivity index (χ1) is 13.8. The summed E-state index contributed by atoms with van der Waals surface area (Å²) in [5.41, 5.74) is 0.166. The summed E-state index contributed by atoms with van der Waals surface area (Å²) in [6.45, 7) is -0.00731. The molecule has 152 valence electrons. The van der Waals surface area contributed by atoms with Crippen LogP contribution in [0.15, 0.2) is 58.4 Å². The zero-order chi connectivity index (χ0) is 20.9.